The second-order valence-corrected chi connectivity index (χ2v) is 8.03. The van der Waals surface area contributed by atoms with Crippen molar-refractivity contribution in [1.82, 2.24) is 10.0 Å². The first-order valence-corrected chi connectivity index (χ1v) is 9.65. The van der Waals surface area contributed by atoms with Crippen LogP contribution in [0.3, 0.4) is 0 Å². The van der Waals surface area contributed by atoms with Crippen LogP contribution in [0.1, 0.15) is 36.9 Å². The van der Waals surface area contributed by atoms with Crippen molar-refractivity contribution in [2.24, 2.45) is 0 Å². The average Bonchev–Trinajstić information content (AvgIpc) is 3.07. The molecule has 0 aliphatic rings. The van der Waals surface area contributed by atoms with Gasteiger partial charge in [-0.2, -0.15) is 11.3 Å². The molecule has 22 heavy (non-hydrogen) atoms. The Balaban J connectivity index is 2.04. The fourth-order valence-electron chi connectivity index (χ4n) is 2.21. The van der Waals surface area contributed by atoms with E-state index >= 15 is 0 Å². The van der Waals surface area contributed by atoms with Gasteiger partial charge < -0.3 is 5.32 Å². The van der Waals surface area contributed by atoms with E-state index in [1.54, 1.807) is 29.5 Å². The zero-order valence-electron chi connectivity index (χ0n) is 13.0. The highest BCUT2D eigenvalue weighted by Crippen LogP contribution is 2.20. The maximum Gasteiger partial charge on any atom is 0.240 e. The van der Waals surface area contributed by atoms with Gasteiger partial charge in [-0.1, -0.05) is 19.1 Å². The van der Waals surface area contributed by atoms with Crippen LogP contribution >= 0.6 is 11.3 Å². The number of hydrogen-bond acceptors (Lipinski definition) is 4. The van der Waals surface area contributed by atoms with Crippen LogP contribution in [-0.2, 0) is 10.0 Å². The summed E-state index contributed by atoms with van der Waals surface area (Å²) in [6, 6.07) is 9.28. The van der Waals surface area contributed by atoms with Gasteiger partial charge in [0, 0.05) is 12.6 Å². The van der Waals surface area contributed by atoms with Crippen LogP contribution < -0.4 is 10.0 Å². The molecule has 2 atom stereocenters. The number of thiophene rings is 1. The van der Waals surface area contributed by atoms with Crippen LogP contribution in [0.2, 0.25) is 0 Å². The Kier molecular flexibility index (Phi) is 5.74. The summed E-state index contributed by atoms with van der Waals surface area (Å²) in [4.78, 5) is 0.298. The molecule has 0 bridgehead atoms. The van der Waals surface area contributed by atoms with E-state index in [0.717, 1.165) is 12.1 Å². The molecule has 0 radical (unpaired) electrons. The number of hydrogen-bond donors (Lipinski definition) is 2. The van der Waals surface area contributed by atoms with E-state index in [0.29, 0.717) is 10.8 Å². The quantitative estimate of drug-likeness (QED) is 0.815. The first-order chi connectivity index (χ1) is 10.4. The van der Waals surface area contributed by atoms with Gasteiger partial charge in [0.15, 0.2) is 0 Å². The molecule has 1 aromatic heterocycles. The molecule has 0 saturated heterocycles. The number of sulfonamides is 1. The zero-order valence-corrected chi connectivity index (χ0v) is 14.7. The molecule has 4 nitrogen and oxygen atoms in total. The van der Waals surface area contributed by atoms with Crippen molar-refractivity contribution in [1.29, 1.82) is 0 Å². The van der Waals surface area contributed by atoms with Gasteiger partial charge in [0.05, 0.1) is 4.90 Å². The molecule has 0 aliphatic heterocycles. The molecule has 1 heterocycles. The fourth-order valence-corrected chi connectivity index (χ4v) is 3.78. The van der Waals surface area contributed by atoms with Gasteiger partial charge in [0.25, 0.3) is 0 Å². The third kappa shape index (κ3) is 4.16. The molecule has 0 saturated carbocycles. The standard InChI is InChI=1S/C16H22N2O2S2/c1-12(15-7-8-21-11-15)10-18-13(2)14-5-4-6-16(9-14)22(19,20)17-3/h4-9,11-13,17-18H,10H2,1-3H3/t12-,13-/m1/s1. The van der Waals surface area contributed by atoms with Gasteiger partial charge in [0.1, 0.15) is 0 Å². The van der Waals surface area contributed by atoms with E-state index < -0.39 is 10.0 Å². The van der Waals surface area contributed by atoms with Crippen molar-refractivity contribution in [3.63, 3.8) is 0 Å². The van der Waals surface area contributed by atoms with E-state index in [-0.39, 0.29) is 6.04 Å². The zero-order chi connectivity index (χ0) is 16.2. The SMILES string of the molecule is CNS(=O)(=O)c1cccc([C@@H](C)NC[C@@H](C)c2ccsc2)c1. The highest BCUT2D eigenvalue weighted by atomic mass is 32.2. The Hall–Kier alpha value is -1.21. The molecule has 0 spiro atoms. The van der Waals surface area contributed by atoms with E-state index in [1.165, 1.54) is 12.6 Å². The van der Waals surface area contributed by atoms with Crippen LogP contribution in [0.4, 0.5) is 0 Å². The predicted molar refractivity (Wildman–Crippen MR) is 91.8 cm³/mol. The van der Waals surface area contributed by atoms with Crippen LogP contribution in [0.5, 0.6) is 0 Å². The maximum absolute atomic E-state index is 11.9. The second kappa shape index (κ2) is 7.37. The summed E-state index contributed by atoms with van der Waals surface area (Å²) >= 11 is 1.70. The van der Waals surface area contributed by atoms with Crippen LogP contribution in [-0.4, -0.2) is 22.0 Å². The molecule has 120 valence electrons. The topological polar surface area (TPSA) is 58.2 Å². The smallest absolute Gasteiger partial charge is 0.240 e. The van der Waals surface area contributed by atoms with Crippen molar-refractivity contribution in [2.75, 3.05) is 13.6 Å². The van der Waals surface area contributed by atoms with Gasteiger partial charge in [-0.25, -0.2) is 13.1 Å². The lowest BCUT2D eigenvalue weighted by molar-refractivity contribution is 0.536. The third-order valence-electron chi connectivity index (χ3n) is 3.78. The number of nitrogens with one attached hydrogen (secondary N) is 2. The van der Waals surface area contributed by atoms with E-state index in [4.69, 9.17) is 0 Å². The Morgan fingerprint density at radius 1 is 1.18 bits per heavy atom. The normalized spacial score (nSPS) is 14.7. The number of benzene rings is 1. The molecular formula is C16H22N2O2S2. The fraction of sp³-hybridized carbons (Fsp3) is 0.375. The first-order valence-electron chi connectivity index (χ1n) is 7.23. The summed E-state index contributed by atoms with van der Waals surface area (Å²) in [6.45, 7) is 5.08. The predicted octanol–water partition coefficient (Wildman–Crippen LogP) is 3.11. The number of rotatable bonds is 7. The van der Waals surface area contributed by atoms with Crippen molar-refractivity contribution in [3.05, 3.63) is 52.2 Å². The molecule has 2 rings (SSSR count). The van der Waals surface area contributed by atoms with Gasteiger partial charge in [-0.15, -0.1) is 0 Å². The van der Waals surface area contributed by atoms with E-state index in [1.807, 2.05) is 13.0 Å². The van der Waals surface area contributed by atoms with Crippen molar-refractivity contribution < 1.29 is 8.42 Å². The summed E-state index contributed by atoms with van der Waals surface area (Å²) in [5.74, 6) is 0.429. The van der Waals surface area contributed by atoms with Crippen molar-refractivity contribution >= 4 is 21.4 Å². The molecule has 6 heteroatoms. The summed E-state index contributed by atoms with van der Waals surface area (Å²) in [5, 5.41) is 7.72. The summed E-state index contributed by atoms with van der Waals surface area (Å²) in [6.07, 6.45) is 0. The van der Waals surface area contributed by atoms with E-state index in [2.05, 4.69) is 33.8 Å². The maximum atomic E-state index is 11.9. The monoisotopic (exact) mass is 338 g/mol. The molecule has 1 aromatic carbocycles. The average molecular weight is 338 g/mol. The largest absolute Gasteiger partial charge is 0.310 e. The van der Waals surface area contributed by atoms with Gasteiger partial charge in [0.2, 0.25) is 10.0 Å². The van der Waals surface area contributed by atoms with E-state index in [9.17, 15) is 8.42 Å². The summed E-state index contributed by atoms with van der Waals surface area (Å²) in [7, 11) is -1.97. The Morgan fingerprint density at radius 3 is 2.59 bits per heavy atom. The lowest BCUT2D eigenvalue weighted by Crippen LogP contribution is -2.24. The van der Waals surface area contributed by atoms with Crippen LogP contribution in [0.25, 0.3) is 0 Å². The highest BCUT2D eigenvalue weighted by molar-refractivity contribution is 7.89. The Labute approximate surface area is 136 Å². The minimum absolute atomic E-state index is 0.0908. The molecule has 2 N–H and O–H groups in total. The summed E-state index contributed by atoms with van der Waals surface area (Å²) < 4.78 is 26.1. The minimum atomic E-state index is -3.40. The molecule has 0 unspecified atom stereocenters. The summed E-state index contributed by atoms with van der Waals surface area (Å²) in [5.41, 5.74) is 2.30. The molecule has 2 aromatic rings. The molecule has 0 fully saturated rings. The molecule has 0 amide bonds. The lowest BCUT2D eigenvalue weighted by atomic mass is 10.0. The Morgan fingerprint density at radius 2 is 1.95 bits per heavy atom. The third-order valence-corrected chi connectivity index (χ3v) is 5.89. The first kappa shape index (κ1) is 17.1. The Bertz CT molecular complexity index is 697. The lowest BCUT2D eigenvalue weighted by Gasteiger charge is -2.18. The van der Waals surface area contributed by atoms with Crippen LogP contribution in [0, 0.1) is 0 Å². The minimum Gasteiger partial charge on any atom is -0.310 e. The van der Waals surface area contributed by atoms with Crippen molar-refractivity contribution in [3.8, 4) is 0 Å². The van der Waals surface area contributed by atoms with Gasteiger partial charge in [-0.3, -0.25) is 0 Å². The van der Waals surface area contributed by atoms with Crippen LogP contribution in [0.15, 0.2) is 46.0 Å². The van der Waals surface area contributed by atoms with Crippen molar-refractivity contribution in [2.45, 2.75) is 30.7 Å². The second-order valence-electron chi connectivity index (χ2n) is 5.37. The molecular weight excluding hydrogens is 316 g/mol. The van der Waals surface area contributed by atoms with Gasteiger partial charge in [-0.05, 0) is 60.0 Å². The molecule has 0 aliphatic carbocycles. The van der Waals surface area contributed by atoms with Gasteiger partial charge >= 0.3 is 0 Å². The highest BCUT2D eigenvalue weighted by Gasteiger charge is 2.14.